The fraction of sp³-hybridized carbons (Fsp3) is 0.778. The van der Waals surface area contributed by atoms with Gasteiger partial charge in [0.2, 0.25) is 0 Å². The highest BCUT2D eigenvalue weighted by Crippen LogP contribution is 2.32. The van der Waals surface area contributed by atoms with Gasteiger partial charge in [-0.1, -0.05) is 0 Å². The first-order valence-electron chi connectivity index (χ1n) is 5.20. The number of amides is 1. The van der Waals surface area contributed by atoms with Gasteiger partial charge in [0.15, 0.2) is 0 Å². The summed E-state index contributed by atoms with van der Waals surface area (Å²) >= 11 is 0. The van der Waals surface area contributed by atoms with E-state index < -0.39 is 34.2 Å². The maximum absolute atomic E-state index is 11.7. The molecule has 0 aromatic carbocycles. The molecule has 1 fully saturated rings. The van der Waals surface area contributed by atoms with Gasteiger partial charge in [0.05, 0.1) is 19.5 Å². The van der Waals surface area contributed by atoms with Crippen molar-refractivity contribution in [3.63, 3.8) is 0 Å². The lowest BCUT2D eigenvalue weighted by atomic mass is 9.81. The van der Waals surface area contributed by atoms with Crippen molar-refractivity contribution in [3.8, 4) is 0 Å². The number of ether oxygens (including phenoxy) is 1. The van der Waals surface area contributed by atoms with E-state index in [1.807, 2.05) is 0 Å². The van der Waals surface area contributed by atoms with Crippen LogP contribution in [0.5, 0.6) is 0 Å². The van der Waals surface area contributed by atoms with E-state index >= 15 is 0 Å². The van der Waals surface area contributed by atoms with Crippen LogP contribution in [0.3, 0.4) is 0 Å². The van der Waals surface area contributed by atoms with Crippen molar-refractivity contribution in [1.82, 2.24) is 4.90 Å². The smallest absolute Gasteiger partial charge is 0.407 e. The third-order valence-corrected chi connectivity index (χ3v) is 3.06. The summed E-state index contributed by atoms with van der Waals surface area (Å²) in [6.07, 6.45) is -0.311. The molecule has 0 aliphatic carbocycles. The van der Waals surface area contributed by atoms with Gasteiger partial charge in [-0.05, 0) is 6.92 Å². The molecule has 1 heterocycles. The van der Waals surface area contributed by atoms with E-state index in [9.17, 15) is 18.0 Å². The zero-order valence-corrected chi connectivity index (χ0v) is 10.9. The molecule has 0 spiro atoms. The number of esters is 1. The summed E-state index contributed by atoms with van der Waals surface area (Å²) in [5, 5.41) is 8.72. The van der Waals surface area contributed by atoms with Gasteiger partial charge in [0.25, 0.3) is 10.1 Å². The second-order valence-electron chi connectivity index (χ2n) is 4.11. The van der Waals surface area contributed by atoms with E-state index in [1.54, 1.807) is 6.92 Å². The van der Waals surface area contributed by atoms with Crippen LogP contribution in [0.25, 0.3) is 0 Å². The monoisotopic (exact) mass is 281 g/mol. The molecule has 0 aromatic heterocycles. The molecular weight excluding hydrogens is 266 g/mol. The van der Waals surface area contributed by atoms with E-state index in [1.165, 1.54) is 0 Å². The molecular formula is C9H15NO7S. The second-order valence-corrected chi connectivity index (χ2v) is 5.75. The van der Waals surface area contributed by atoms with Crippen LogP contribution >= 0.6 is 0 Å². The second kappa shape index (κ2) is 5.11. The Labute approximate surface area is 105 Å². The summed E-state index contributed by atoms with van der Waals surface area (Å²) in [6.45, 7) is 1.07. The van der Waals surface area contributed by atoms with E-state index in [0.29, 0.717) is 0 Å². The average Bonchev–Trinajstić information content (AvgIpc) is 2.13. The highest BCUT2D eigenvalue weighted by Gasteiger charge is 2.53. The quantitative estimate of drug-likeness (QED) is 0.534. The highest BCUT2D eigenvalue weighted by atomic mass is 32.2. The number of carbonyl (C=O) groups is 2. The van der Waals surface area contributed by atoms with Crippen LogP contribution in [0.2, 0.25) is 0 Å². The number of hydrogen-bond acceptors (Lipinski definition) is 6. The standard InChI is InChI=1S/C9H15NO7S/c1-3-16-7(11)9(6-17-18(2,14)15)4-10(5-9)8(12)13/h3-6H2,1-2H3,(H,12,13). The van der Waals surface area contributed by atoms with Crippen molar-refractivity contribution < 1.29 is 32.0 Å². The van der Waals surface area contributed by atoms with Crippen LogP contribution in [-0.4, -0.2) is 63.0 Å². The summed E-state index contributed by atoms with van der Waals surface area (Å²) < 4.78 is 31.2. The Bertz CT molecular complexity index is 438. The number of nitrogens with zero attached hydrogens (tertiary/aromatic N) is 1. The van der Waals surface area contributed by atoms with E-state index in [4.69, 9.17) is 9.84 Å². The van der Waals surface area contributed by atoms with Crippen molar-refractivity contribution >= 4 is 22.2 Å². The molecule has 1 rings (SSSR count). The third-order valence-electron chi connectivity index (χ3n) is 2.52. The zero-order valence-electron chi connectivity index (χ0n) is 10.1. The van der Waals surface area contributed by atoms with Gasteiger partial charge < -0.3 is 14.7 Å². The zero-order chi connectivity index (χ0) is 14.0. The first-order valence-corrected chi connectivity index (χ1v) is 7.01. The summed E-state index contributed by atoms with van der Waals surface area (Å²) in [7, 11) is -3.69. The van der Waals surface area contributed by atoms with Crippen molar-refractivity contribution in [1.29, 1.82) is 0 Å². The van der Waals surface area contributed by atoms with Crippen LogP contribution < -0.4 is 0 Å². The first-order chi connectivity index (χ1) is 8.20. The lowest BCUT2D eigenvalue weighted by Gasteiger charge is -2.45. The minimum Gasteiger partial charge on any atom is -0.465 e. The summed E-state index contributed by atoms with van der Waals surface area (Å²) in [4.78, 5) is 23.4. The predicted octanol–water partition coefficient (Wildman–Crippen LogP) is -0.494. The van der Waals surface area contributed by atoms with Crippen molar-refractivity contribution in [2.45, 2.75) is 6.92 Å². The van der Waals surface area contributed by atoms with Crippen molar-refractivity contribution in [3.05, 3.63) is 0 Å². The minimum atomic E-state index is -3.69. The fourth-order valence-corrected chi connectivity index (χ4v) is 2.04. The average molecular weight is 281 g/mol. The topological polar surface area (TPSA) is 110 Å². The Morgan fingerprint density at radius 3 is 2.33 bits per heavy atom. The molecule has 1 aliphatic rings. The highest BCUT2D eigenvalue weighted by molar-refractivity contribution is 7.85. The molecule has 8 nitrogen and oxygen atoms in total. The third kappa shape index (κ3) is 3.33. The molecule has 18 heavy (non-hydrogen) atoms. The number of hydrogen-bond donors (Lipinski definition) is 1. The summed E-state index contributed by atoms with van der Waals surface area (Å²) in [5.41, 5.74) is -1.22. The first kappa shape index (κ1) is 14.7. The molecule has 0 bridgehead atoms. The Balaban J connectivity index is 2.72. The van der Waals surface area contributed by atoms with Crippen LogP contribution in [-0.2, 0) is 23.8 Å². The Kier molecular flexibility index (Phi) is 4.17. The van der Waals surface area contributed by atoms with Crippen LogP contribution in [0, 0.1) is 5.41 Å². The van der Waals surface area contributed by atoms with E-state index in [2.05, 4.69) is 4.18 Å². The molecule has 0 atom stereocenters. The van der Waals surface area contributed by atoms with Gasteiger partial charge in [-0.3, -0.25) is 8.98 Å². The predicted molar refractivity (Wildman–Crippen MR) is 59.5 cm³/mol. The normalized spacial score (nSPS) is 18.0. The molecule has 1 amide bonds. The molecule has 1 aliphatic heterocycles. The maximum Gasteiger partial charge on any atom is 0.407 e. The number of carboxylic acid groups (broad SMARTS) is 1. The van der Waals surface area contributed by atoms with Crippen LogP contribution in [0.1, 0.15) is 6.92 Å². The SMILES string of the molecule is CCOC(=O)C1(COS(C)(=O)=O)CN(C(=O)O)C1. The summed E-state index contributed by atoms with van der Waals surface area (Å²) in [5.74, 6) is -0.647. The molecule has 1 saturated heterocycles. The lowest BCUT2D eigenvalue weighted by Crippen LogP contribution is -2.64. The number of carbonyl (C=O) groups excluding carboxylic acids is 1. The van der Waals surface area contributed by atoms with Gasteiger partial charge in [-0.25, -0.2) is 4.79 Å². The van der Waals surface area contributed by atoms with E-state index in [-0.39, 0.29) is 19.7 Å². The van der Waals surface area contributed by atoms with Gasteiger partial charge in [-0.2, -0.15) is 8.42 Å². The molecule has 0 radical (unpaired) electrons. The Morgan fingerprint density at radius 2 is 1.94 bits per heavy atom. The minimum absolute atomic E-state index is 0.128. The van der Waals surface area contributed by atoms with Gasteiger partial charge in [0, 0.05) is 13.1 Å². The number of likely N-dealkylation sites (tertiary alicyclic amines) is 1. The Morgan fingerprint density at radius 1 is 1.39 bits per heavy atom. The Hall–Kier alpha value is -1.35. The largest absolute Gasteiger partial charge is 0.465 e. The fourth-order valence-electron chi connectivity index (χ4n) is 1.60. The number of rotatable bonds is 5. The molecule has 9 heteroatoms. The molecule has 104 valence electrons. The van der Waals surface area contributed by atoms with Crippen molar-refractivity contribution in [2.24, 2.45) is 5.41 Å². The van der Waals surface area contributed by atoms with Gasteiger partial charge in [0.1, 0.15) is 5.41 Å². The van der Waals surface area contributed by atoms with Crippen molar-refractivity contribution in [2.75, 3.05) is 32.6 Å². The van der Waals surface area contributed by atoms with Gasteiger partial charge in [-0.15, -0.1) is 0 Å². The van der Waals surface area contributed by atoms with E-state index in [0.717, 1.165) is 11.2 Å². The van der Waals surface area contributed by atoms with Crippen LogP contribution in [0.15, 0.2) is 0 Å². The summed E-state index contributed by atoms with van der Waals surface area (Å²) in [6, 6.07) is 0. The molecule has 0 unspecified atom stereocenters. The molecule has 1 N–H and O–H groups in total. The maximum atomic E-state index is 11.7. The lowest BCUT2D eigenvalue weighted by molar-refractivity contribution is -0.168. The molecule has 0 aromatic rings. The van der Waals surface area contributed by atoms with Gasteiger partial charge >= 0.3 is 12.1 Å². The van der Waals surface area contributed by atoms with Crippen LogP contribution in [0.4, 0.5) is 4.79 Å². The molecule has 0 saturated carbocycles.